The minimum Gasteiger partial charge on any atom is -0.228 e. The number of nitrogens with zero attached hydrogens (tertiary/aromatic N) is 2. The number of hydrogen-bond donors (Lipinski definition) is 0. The Morgan fingerprint density at radius 3 is 1.77 bits per heavy atom. The molecular formula is C23H17ClN2. The third kappa shape index (κ3) is 3.51. The summed E-state index contributed by atoms with van der Waals surface area (Å²) in [5, 5.41) is 0.701. The van der Waals surface area contributed by atoms with Crippen molar-refractivity contribution in [2.24, 2.45) is 0 Å². The Labute approximate surface area is 158 Å². The summed E-state index contributed by atoms with van der Waals surface area (Å²) in [7, 11) is 0. The van der Waals surface area contributed by atoms with E-state index in [9.17, 15) is 0 Å². The molecule has 0 bridgehead atoms. The molecule has 0 aliphatic heterocycles. The molecule has 2 nitrogen and oxygen atoms in total. The topological polar surface area (TPSA) is 25.8 Å². The van der Waals surface area contributed by atoms with Crippen LogP contribution < -0.4 is 0 Å². The summed E-state index contributed by atoms with van der Waals surface area (Å²) in [6.07, 6.45) is 0. The molecule has 3 aromatic carbocycles. The zero-order valence-electron chi connectivity index (χ0n) is 14.4. The Morgan fingerprint density at radius 2 is 1.15 bits per heavy atom. The Bertz CT molecular complexity index is 960. The van der Waals surface area contributed by atoms with Crippen molar-refractivity contribution in [1.82, 2.24) is 9.97 Å². The molecule has 0 aliphatic rings. The first-order valence-electron chi connectivity index (χ1n) is 8.46. The third-order valence-corrected chi connectivity index (χ3v) is 4.50. The molecule has 0 unspecified atom stereocenters. The first kappa shape index (κ1) is 16.5. The highest BCUT2D eigenvalue weighted by atomic mass is 35.5. The minimum atomic E-state index is 0.693. The molecule has 0 aliphatic carbocycles. The minimum absolute atomic E-state index is 0.693. The molecule has 1 heterocycles. The second-order valence-corrected chi connectivity index (χ2v) is 6.64. The summed E-state index contributed by atoms with van der Waals surface area (Å²) in [6.45, 7) is 2.08. The number of rotatable bonds is 3. The van der Waals surface area contributed by atoms with E-state index >= 15 is 0 Å². The van der Waals surface area contributed by atoms with Crippen LogP contribution in [-0.4, -0.2) is 9.97 Å². The van der Waals surface area contributed by atoms with E-state index in [2.05, 4.69) is 43.3 Å². The molecule has 0 saturated heterocycles. The quantitative estimate of drug-likeness (QED) is 0.422. The van der Waals surface area contributed by atoms with Crippen molar-refractivity contribution < 1.29 is 0 Å². The standard InChI is InChI=1S/C23H17ClN2/c1-16-7-9-18(10-8-16)22-15-21(17-5-3-2-4-6-17)25-23(26-22)19-11-13-20(24)14-12-19/h2-15H,1H3. The van der Waals surface area contributed by atoms with Crippen molar-refractivity contribution in [3.8, 4) is 33.9 Å². The lowest BCUT2D eigenvalue weighted by atomic mass is 10.1. The summed E-state index contributed by atoms with van der Waals surface area (Å²) in [4.78, 5) is 9.60. The van der Waals surface area contributed by atoms with Crippen LogP contribution >= 0.6 is 11.6 Å². The van der Waals surface area contributed by atoms with E-state index in [-0.39, 0.29) is 0 Å². The van der Waals surface area contributed by atoms with Gasteiger partial charge in [-0.15, -0.1) is 0 Å². The van der Waals surface area contributed by atoms with Gasteiger partial charge in [-0.3, -0.25) is 0 Å². The molecule has 1 aromatic heterocycles. The van der Waals surface area contributed by atoms with Crippen molar-refractivity contribution in [3.63, 3.8) is 0 Å². The smallest absolute Gasteiger partial charge is 0.160 e. The maximum Gasteiger partial charge on any atom is 0.160 e. The number of aromatic nitrogens is 2. The number of aryl methyl sites for hydroxylation is 1. The Balaban J connectivity index is 1.89. The molecule has 0 spiro atoms. The summed E-state index contributed by atoms with van der Waals surface area (Å²) in [5.41, 5.74) is 6.12. The predicted molar refractivity (Wildman–Crippen MR) is 108 cm³/mol. The van der Waals surface area contributed by atoms with E-state index in [1.807, 2.05) is 48.5 Å². The van der Waals surface area contributed by atoms with Crippen LogP contribution in [0.5, 0.6) is 0 Å². The van der Waals surface area contributed by atoms with Crippen LogP contribution in [0.1, 0.15) is 5.56 Å². The molecule has 0 amide bonds. The maximum atomic E-state index is 6.03. The van der Waals surface area contributed by atoms with Crippen molar-refractivity contribution in [2.45, 2.75) is 6.92 Å². The number of hydrogen-bond acceptors (Lipinski definition) is 2. The van der Waals surface area contributed by atoms with Gasteiger partial charge in [0.05, 0.1) is 11.4 Å². The normalized spacial score (nSPS) is 10.7. The molecule has 4 aromatic rings. The second-order valence-electron chi connectivity index (χ2n) is 6.20. The zero-order valence-corrected chi connectivity index (χ0v) is 15.1. The van der Waals surface area contributed by atoms with Gasteiger partial charge in [0.15, 0.2) is 5.82 Å². The number of benzene rings is 3. The van der Waals surface area contributed by atoms with E-state index in [0.717, 1.165) is 28.1 Å². The first-order chi connectivity index (χ1) is 12.7. The Kier molecular flexibility index (Phi) is 4.51. The summed E-state index contributed by atoms with van der Waals surface area (Å²) >= 11 is 6.03. The fourth-order valence-electron chi connectivity index (χ4n) is 2.80. The van der Waals surface area contributed by atoms with Crippen LogP contribution in [0.2, 0.25) is 5.02 Å². The summed E-state index contributed by atoms with van der Waals surface area (Å²) < 4.78 is 0. The average Bonchev–Trinajstić information content (AvgIpc) is 2.69. The zero-order chi connectivity index (χ0) is 17.9. The number of halogens is 1. The van der Waals surface area contributed by atoms with Crippen molar-refractivity contribution >= 4 is 11.6 Å². The van der Waals surface area contributed by atoms with Crippen LogP contribution in [0.25, 0.3) is 33.9 Å². The van der Waals surface area contributed by atoms with Gasteiger partial charge in [0.25, 0.3) is 0 Å². The lowest BCUT2D eigenvalue weighted by Gasteiger charge is -2.09. The van der Waals surface area contributed by atoms with Crippen LogP contribution in [0, 0.1) is 6.92 Å². The van der Waals surface area contributed by atoms with Crippen molar-refractivity contribution in [1.29, 1.82) is 0 Å². The average molecular weight is 357 g/mol. The molecular weight excluding hydrogens is 340 g/mol. The highest BCUT2D eigenvalue weighted by molar-refractivity contribution is 6.30. The van der Waals surface area contributed by atoms with E-state index in [4.69, 9.17) is 21.6 Å². The summed E-state index contributed by atoms with van der Waals surface area (Å²) in [5.74, 6) is 0.693. The van der Waals surface area contributed by atoms with Gasteiger partial charge in [-0.25, -0.2) is 9.97 Å². The predicted octanol–water partition coefficient (Wildman–Crippen LogP) is 6.44. The first-order valence-corrected chi connectivity index (χ1v) is 8.84. The molecule has 0 saturated carbocycles. The van der Waals surface area contributed by atoms with Gasteiger partial charge >= 0.3 is 0 Å². The van der Waals surface area contributed by atoms with Crippen LogP contribution in [0.4, 0.5) is 0 Å². The van der Waals surface area contributed by atoms with Crippen molar-refractivity contribution in [2.75, 3.05) is 0 Å². The van der Waals surface area contributed by atoms with Gasteiger partial charge < -0.3 is 0 Å². The van der Waals surface area contributed by atoms with E-state index < -0.39 is 0 Å². The molecule has 126 valence electrons. The van der Waals surface area contributed by atoms with Crippen LogP contribution in [-0.2, 0) is 0 Å². The van der Waals surface area contributed by atoms with Gasteiger partial charge in [-0.1, -0.05) is 71.8 Å². The van der Waals surface area contributed by atoms with E-state index in [0.29, 0.717) is 10.8 Å². The lowest BCUT2D eigenvalue weighted by molar-refractivity contribution is 1.18. The fraction of sp³-hybridized carbons (Fsp3) is 0.0435. The van der Waals surface area contributed by atoms with Gasteiger partial charge in [-0.2, -0.15) is 0 Å². The largest absolute Gasteiger partial charge is 0.228 e. The lowest BCUT2D eigenvalue weighted by Crippen LogP contribution is -1.95. The maximum absolute atomic E-state index is 6.03. The monoisotopic (exact) mass is 356 g/mol. The molecule has 0 radical (unpaired) electrons. The molecule has 26 heavy (non-hydrogen) atoms. The van der Waals surface area contributed by atoms with Crippen LogP contribution in [0.3, 0.4) is 0 Å². The molecule has 0 atom stereocenters. The molecule has 0 N–H and O–H groups in total. The summed E-state index contributed by atoms with van der Waals surface area (Å²) in [6, 6.07) is 28.2. The fourth-order valence-corrected chi connectivity index (χ4v) is 2.93. The molecule has 4 rings (SSSR count). The molecule has 3 heteroatoms. The van der Waals surface area contributed by atoms with Crippen molar-refractivity contribution in [3.05, 3.63) is 95.5 Å². The van der Waals surface area contributed by atoms with Gasteiger partial charge in [0.1, 0.15) is 0 Å². The Hall–Kier alpha value is -2.97. The van der Waals surface area contributed by atoms with Gasteiger partial charge in [0, 0.05) is 21.7 Å². The highest BCUT2D eigenvalue weighted by Crippen LogP contribution is 2.28. The molecule has 0 fully saturated rings. The van der Waals surface area contributed by atoms with E-state index in [1.54, 1.807) is 0 Å². The third-order valence-electron chi connectivity index (χ3n) is 4.25. The van der Waals surface area contributed by atoms with E-state index in [1.165, 1.54) is 5.56 Å². The SMILES string of the molecule is Cc1ccc(-c2cc(-c3ccccc3)nc(-c3ccc(Cl)cc3)n2)cc1. The van der Waals surface area contributed by atoms with Gasteiger partial charge in [0.2, 0.25) is 0 Å². The van der Waals surface area contributed by atoms with Gasteiger partial charge in [-0.05, 0) is 37.3 Å². The second kappa shape index (κ2) is 7.11. The highest BCUT2D eigenvalue weighted by Gasteiger charge is 2.10. The van der Waals surface area contributed by atoms with Crippen LogP contribution in [0.15, 0.2) is 84.9 Å². The Morgan fingerprint density at radius 1 is 0.615 bits per heavy atom.